The molecule has 1 aromatic rings. The van der Waals surface area contributed by atoms with E-state index in [0.717, 1.165) is 11.1 Å². The maximum absolute atomic E-state index is 11.2. The highest BCUT2D eigenvalue weighted by atomic mass is 16.4. The zero-order valence-electron chi connectivity index (χ0n) is 10.5. The van der Waals surface area contributed by atoms with E-state index in [0.29, 0.717) is 6.42 Å². The predicted octanol–water partition coefficient (Wildman–Crippen LogP) is 1.65. The smallest absolute Gasteiger partial charge is 0.306 e. The second-order valence-electron chi connectivity index (χ2n) is 4.42. The van der Waals surface area contributed by atoms with Gasteiger partial charge >= 0.3 is 5.97 Å². The molecule has 0 aliphatic rings. The SMILES string of the molecule is CC(=O)C(=O)Cc1ccc(CC(C)C(=O)O)cc1. The number of Topliss-reactive ketones (excluding diaryl/α,β-unsaturated/α-hetero) is 2. The first-order chi connectivity index (χ1) is 8.40. The minimum Gasteiger partial charge on any atom is -0.481 e. The molecule has 0 aliphatic heterocycles. The summed E-state index contributed by atoms with van der Waals surface area (Å²) in [4.78, 5) is 32.8. The normalized spacial score (nSPS) is 11.9. The molecular formula is C14H16O4. The molecule has 1 atom stereocenters. The standard InChI is InChI=1S/C14H16O4/c1-9(14(17)18)7-11-3-5-12(6-4-11)8-13(16)10(2)15/h3-6,9H,7-8H2,1-2H3,(H,17,18). The average molecular weight is 248 g/mol. The van der Waals surface area contributed by atoms with Crippen molar-refractivity contribution >= 4 is 17.5 Å². The summed E-state index contributed by atoms with van der Waals surface area (Å²) < 4.78 is 0. The molecule has 4 nitrogen and oxygen atoms in total. The third-order valence-electron chi connectivity index (χ3n) is 2.74. The molecule has 18 heavy (non-hydrogen) atoms. The fourth-order valence-corrected chi connectivity index (χ4v) is 1.54. The molecule has 0 saturated carbocycles. The molecule has 0 radical (unpaired) electrons. The largest absolute Gasteiger partial charge is 0.481 e. The Hall–Kier alpha value is -1.97. The molecule has 1 aromatic carbocycles. The van der Waals surface area contributed by atoms with Crippen LogP contribution >= 0.6 is 0 Å². The van der Waals surface area contributed by atoms with Crippen LogP contribution in [0.25, 0.3) is 0 Å². The summed E-state index contributed by atoms with van der Waals surface area (Å²) in [6, 6.07) is 7.10. The van der Waals surface area contributed by atoms with Crippen LogP contribution in [0.4, 0.5) is 0 Å². The number of hydrogen-bond acceptors (Lipinski definition) is 3. The Labute approximate surface area is 106 Å². The van der Waals surface area contributed by atoms with E-state index < -0.39 is 23.5 Å². The molecule has 0 amide bonds. The lowest BCUT2D eigenvalue weighted by atomic mass is 9.99. The van der Waals surface area contributed by atoms with Gasteiger partial charge in [-0.3, -0.25) is 14.4 Å². The van der Waals surface area contributed by atoms with E-state index >= 15 is 0 Å². The van der Waals surface area contributed by atoms with Crippen molar-refractivity contribution in [2.45, 2.75) is 26.7 Å². The molecule has 0 fully saturated rings. The van der Waals surface area contributed by atoms with Crippen LogP contribution in [0.3, 0.4) is 0 Å². The van der Waals surface area contributed by atoms with Gasteiger partial charge in [0.15, 0.2) is 5.78 Å². The Balaban J connectivity index is 2.66. The third-order valence-corrected chi connectivity index (χ3v) is 2.74. The molecular weight excluding hydrogens is 232 g/mol. The molecule has 0 bridgehead atoms. The van der Waals surface area contributed by atoms with Crippen LogP contribution < -0.4 is 0 Å². The van der Waals surface area contributed by atoms with Gasteiger partial charge in [-0.25, -0.2) is 0 Å². The summed E-state index contributed by atoms with van der Waals surface area (Å²) in [5, 5.41) is 8.80. The molecule has 0 saturated heterocycles. The maximum Gasteiger partial charge on any atom is 0.306 e. The number of carboxylic acids is 1. The second kappa shape index (κ2) is 6.10. The fourth-order valence-electron chi connectivity index (χ4n) is 1.54. The highest BCUT2D eigenvalue weighted by Crippen LogP contribution is 2.11. The average Bonchev–Trinajstić information content (AvgIpc) is 2.31. The van der Waals surface area contributed by atoms with Crippen molar-refractivity contribution in [3.05, 3.63) is 35.4 Å². The zero-order chi connectivity index (χ0) is 13.7. The second-order valence-corrected chi connectivity index (χ2v) is 4.42. The molecule has 1 N–H and O–H groups in total. The summed E-state index contributed by atoms with van der Waals surface area (Å²) in [7, 11) is 0. The molecule has 0 aliphatic carbocycles. The number of rotatable bonds is 6. The molecule has 0 spiro atoms. The van der Waals surface area contributed by atoms with Gasteiger partial charge in [0.05, 0.1) is 5.92 Å². The highest BCUT2D eigenvalue weighted by Gasteiger charge is 2.12. The van der Waals surface area contributed by atoms with Crippen LogP contribution in [0.5, 0.6) is 0 Å². The first-order valence-corrected chi connectivity index (χ1v) is 5.74. The van der Waals surface area contributed by atoms with Crippen LogP contribution in [0.1, 0.15) is 25.0 Å². The van der Waals surface area contributed by atoms with Crippen molar-refractivity contribution in [2.24, 2.45) is 5.92 Å². The number of aliphatic carboxylic acids is 1. The van der Waals surface area contributed by atoms with E-state index in [1.165, 1.54) is 6.92 Å². The van der Waals surface area contributed by atoms with Crippen molar-refractivity contribution in [2.75, 3.05) is 0 Å². The maximum atomic E-state index is 11.2. The summed E-state index contributed by atoms with van der Waals surface area (Å²) >= 11 is 0. The Kier molecular flexibility index (Phi) is 4.77. The molecule has 1 rings (SSSR count). The first-order valence-electron chi connectivity index (χ1n) is 5.74. The minimum absolute atomic E-state index is 0.101. The first kappa shape index (κ1) is 14.1. The van der Waals surface area contributed by atoms with Crippen LogP contribution in [-0.2, 0) is 27.2 Å². The van der Waals surface area contributed by atoms with Gasteiger partial charge in [-0.05, 0) is 17.5 Å². The van der Waals surface area contributed by atoms with E-state index in [-0.39, 0.29) is 6.42 Å². The van der Waals surface area contributed by atoms with Gasteiger partial charge in [0, 0.05) is 13.3 Å². The fraction of sp³-hybridized carbons (Fsp3) is 0.357. The van der Waals surface area contributed by atoms with E-state index in [9.17, 15) is 14.4 Å². The van der Waals surface area contributed by atoms with Crippen LogP contribution in [0.15, 0.2) is 24.3 Å². The molecule has 96 valence electrons. The summed E-state index contributed by atoms with van der Waals surface area (Å²) in [6.07, 6.45) is 0.556. The van der Waals surface area contributed by atoms with Gasteiger partial charge in [0.1, 0.15) is 0 Å². The summed E-state index contributed by atoms with van der Waals surface area (Å²) in [6.45, 7) is 2.90. The molecule has 0 heterocycles. The zero-order valence-corrected chi connectivity index (χ0v) is 10.5. The lowest BCUT2D eigenvalue weighted by molar-refractivity contribution is -0.141. The van der Waals surface area contributed by atoms with Gasteiger partial charge in [0.25, 0.3) is 0 Å². The number of ketones is 2. The Morgan fingerprint density at radius 2 is 1.61 bits per heavy atom. The van der Waals surface area contributed by atoms with E-state index in [1.54, 1.807) is 31.2 Å². The molecule has 0 aromatic heterocycles. The number of benzene rings is 1. The Morgan fingerprint density at radius 3 is 2.06 bits per heavy atom. The quantitative estimate of drug-likeness (QED) is 0.777. The van der Waals surface area contributed by atoms with Crippen molar-refractivity contribution in [3.63, 3.8) is 0 Å². The Morgan fingerprint density at radius 1 is 1.11 bits per heavy atom. The van der Waals surface area contributed by atoms with Gasteiger partial charge in [-0.15, -0.1) is 0 Å². The van der Waals surface area contributed by atoms with Crippen molar-refractivity contribution in [1.82, 2.24) is 0 Å². The lowest BCUT2D eigenvalue weighted by Gasteiger charge is -2.06. The van der Waals surface area contributed by atoms with E-state index in [1.807, 2.05) is 0 Å². The van der Waals surface area contributed by atoms with Crippen LogP contribution in [-0.4, -0.2) is 22.6 Å². The number of carbonyl (C=O) groups excluding carboxylic acids is 2. The topological polar surface area (TPSA) is 71.4 Å². The number of hydrogen-bond donors (Lipinski definition) is 1. The van der Waals surface area contributed by atoms with Gasteiger partial charge < -0.3 is 5.11 Å². The predicted molar refractivity (Wildman–Crippen MR) is 66.3 cm³/mol. The lowest BCUT2D eigenvalue weighted by Crippen LogP contribution is -2.13. The monoisotopic (exact) mass is 248 g/mol. The highest BCUT2D eigenvalue weighted by molar-refractivity contribution is 6.36. The molecule has 1 unspecified atom stereocenters. The van der Waals surface area contributed by atoms with Crippen LogP contribution in [0.2, 0.25) is 0 Å². The third kappa shape index (κ3) is 4.13. The van der Waals surface area contributed by atoms with Gasteiger partial charge in [-0.2, -0.15) is 0 Å². The van der Waals surface area contributed by atoms with Gasteiger partial charge in [0.2, 0.25) is 5.78 Å². The van der Waals surface area contributed by atoms with Gasteiger partial charge in [-0.1, -0.05) is 31.2 Å². The van der Waals surface area contributed by atoms with E-state index in [2.05, 4.69) is 0 Å². The summed E-state index contributed by atoms with van der Waals surface area (Å²) in [5.41, 5.74) is 1.67. The minimum atomic E-state index is -0.828. The summed E-state index contributed by atoms with van der Waals surface area (Å²) in [5.74, 6) is -2.12. The Bertz CT molecular complexity index is 459. The van der Waals surface area contributed by atoms with Crippen LogP contribution in [0, 0.1) is 5.92 Å². The van der Waals surface area contributed by atoms with E-state index in [4.69, 9.17) is 5.11 Å². The number of carbonyl (C=O) groups is 3. The van der Waals surface area contributed by atoms with Crippen molar-refractivity contribution in [3.8, 4) is 0 Å². The number of carboxylic acid groups (broad SMARTS) is 1. The molecule has 4 heteroatoms. The van der Waals surface area contributed by atoms with Crippen molar-refractivity contribution < 1.29 is 19.5 Å². The van der Waals surface area contributed by atoms with Crippen molar-refractivity contribution in [1.29, 1.82) is 0 Å².